The summed E-state index contributed by atoms with van der Waals surface area (Å²) in [6.07, 6.45) is 11.9. The molecule has 1 saturated carbocycles. The summed E-state index contributed by atoms with van der Waals surface area (Å²) in [5.74, 6) is 4.97. The van der Waals surface area contributed by atoms with Crippen LogP contribution in [0, 0.1) is 23.7 Å². The topological polar surface area (TPSA) is 22.1 Å². The number of aromatic nitrogens is 1. The highest BCUT2D eigenvalue weighted by Gasteiger charge is 2.16. The van der Waals surface area contributed by atoms with Crippen LogP contribution >= 0.6 is 0 Å². The van der Waals surface area contributed by atoms with Gasteiger partial charge in [-0.3, -0.25) is 4.98 Å². The Hall–Kier alpha value is -2.19. The standard InChI is InChI=1S/C12H13N.C9H18.C9H12.C8H16O.4C2H6/c1-9(2)11-7-3-5-10-6-4-8-13-12(10)11;2*1-8(2)9-6-4-3-5-7-9;1-7(2)8-3-5-9-6-4-8;4*1-2/h3-9H,1-2H3;8-9H,3-7H2,1-2H3;3-8H,1-2H3;7-8H,3-6H2,1-2H3;4*1-2H3. The number of hydrogen-bond donors (Lipinski definition) is 0. The highest BCUT2D eigenvalue weighted by atomic mass is 16.5. The third-order valence-corrected chi connectivity index (χ3v) is 8.55. The molecule has 1 saturated heterocycles. The number of rotatable bonds is 4. The average Bonchev–Trinajstić information content (AvgIpc) is 3.16. The van der Waals surface area contributed by atoms with E-state index in [4.69, 9.17) is 4.74 Å². The minimum absolute atomic E-state index is 0.540. The second-order valence-electron chi connectivity index (χ2n) is 13.0. The van der Waals surface area contributed by atoms with Crippen molar-refractivity contribution < 1.29 is 4.74 Å². The van der Waals surface area contributed by atoms with Gasteiger partial charge in [0.15, 0.2) is 0 Å². The van der Waals surface area contributed by atoms with Gasteiger partial charge in [-0.2, -0.15) is 0 Å². The molecule has 1 aromatic heterocycles. The molecule has 2 heteroatoms. The van der Waals surface area contributed by atoms with Crippen molar-refractivity contribution in [2.24, 2.45) is 23.7 Å². The van der Waals surface area contributed by atoms with E-state index in [1.807, 2.05) is 73.7 Å². The van der Waals surface area contributed by atoms with Gasteiger partial charge in [-0.15, -0.1) is 0 Å². The van der Waals surface area contributed by atoms with Crippen LogP contribution in [0.4, 0.5) is 0 Å². The summed E-state index contributed by atoms with van der Waals surface area (Å²) < 4.78 is 5.25. The Labute approximate surface area is 302 Å². The van der Waals surface area contributed by atoms with E-state index in [1.165, 1.54) is 61.5 Å². The first kappa shape index (κ1) is 50.2. The van der Waals surface area contributed by atoms with Crippen molar-refractivity contribution in [3.8, 4) is 0 Å². The normalized spacial score (nSPS) is 14.0. The van der Waals surface area contributed by atoms with Gasteiger partial charge >= 0.3 is 0 Å². The highest BCUT2D eigenvalue weighted by Crippen LogP contribution is 2.29. The largest absolute Gasteiger partial charge is 0.381 e. The van der Waals surface area contributed by atoms with Crippen molar-refractivity contribution in [1.29, 1.82) is 0 Å². The third kappa shape index (κ3) is 23.2. The molecule has 2 aromatic carbocycles. The summed E-state index contributed by atoms with van der Waals surface area (Å²) >= 11 is 0. The lowest BCUT2D eigenvalue weighted by atomic mass is 9.82. The van der Waals surface area contributed by atoms with Crippen molar-refractivity contribution in [2.75, 3.05) is 13.2 Å². The molecule has 0 spiro atoms. The average molecular weight is 666 g/mol. The third-order valence-electron chi connectivity index (χ3n) is 8.55. The minimum atomic E-state index is 0.540. The molecule has 2 heterocycles. The van der Waals surface area contributed by atoms with Crippen molar-refractivity contribution in [3.05, 3.63) is 78.0 Å². The molecule has 1 aliphatic heterocycles. The molecular weight excluding hydrogens is 583 g/mol. The maximum Gasteiger partial charge on any atom is 0.0736 e. The van der Waals surface area contributed by atoms with E-state index >= 15 is 0 Å². The Morgan fingerprint density at radius 2 is 1.00 bits per heavy atom. The fourth-order valence-corrected chi connectivity index (χ4v) is 5.61. The predicted molar refractivity (Wildman–Crippen MR) is 222 cm³/mol. The first-order chi connectivity index (χ1) is 23.2. The maximum absolute atomic E-state index is 5.25. The minimum Gasteiger partial charge on any atom is -0.381 e. The zero-order chi connectivity index (χ0) is 37.3. The van der Waals surface area contributed by atoms with Crippen molar-refractivity contribution in [2.45, 2.75) is 168 Å². The lowest BCUT2D eigenvalue weighted by Gasteiger charge is -2.24. The SMILES string of the molecule is CC.CC.CC.CC.CC(C)C1CCCCC1.CC(C)C1CCOCC1.CC(C)c1cccc2cccnc12.CC(C)c1ccccc1. The zero-order valence-corrected chi connectivity index (χ0v) is 35.0. The summed E-state index contributed by atoms with van der Waals surface area (Å²) in [6, 6.07) is 21.0. The Bertz CT molecular complexity index is 1000. The van der Waals surface area contributed by atoms with E-state index in [0.29, 0.717) is 11.8 Å². The molecule has 0 bridgehead atoms. The van der Waals surface area contributed by atoms with E-state index in [9.17, 15) is 0 Å². The van der Waals surface area contributed by atoms with Crippen LogP contribution in [0.25, 0.3) is 10.9 Å². The van der Waals surface area contributed by atoms with Crippen LogP contribution in [-0.4, -0.2) is 18.2 Å². The first-order valence-electron chi connectivity index (χ1n) is 20.2. The molecule has 2 nitrogen and oxygen atoms in total. The first-order valence-corrected chi connectivity index (χ1v) is 20.2. The van der Waals surface area contributed by atoms with Gasteiger partial charge in [0.05, 0.1) is 5.52 Å². The Morgan fingerprint density at radius 3 is 1.40 bits per heavy atom. The molecule has 3 aromatic rings. The second-order valence-corrected chi connectivity index (χ2v) is 13.0. The number of ether oxygens (including phenoxy) is 1. The molecule has 1 aliphatic carbocycles. The number of hydrogen-bond acceptors (Lipinski definition) is 2. The summed E-state index contributed by atoms with van der Waals surface area (Å²) in [7, 11) is 0. The smallest absolute Gasteiger partial charge is 0.0736 e. The van der Waals surface area contributed by atoms with Gasteiger partial charge in [0.1, 0.15) is 0 Å². The Balaban J connectivity index is -0.000000531. The highest BCUT2D eigenvalue weighted by molar-refractivity contribution is 5.81. The number of benzene rings is 2. The van der Waals surface area contributed by atoms with Crippen LogP contribution in [0.15, 0.2) is 66.9 Å². The van der Waals surface area contributed by atoms with Crippen molar-refractivity contribution in [1.82, 2.24) is 4.98 Å². The van der Waals surface area contributed by atoms with Gasteiger partial charge in [0, 0.05) is 24.8 Å². The molecule has 48 heavy (non-hydrogen) atoms. The fraction of sp³-hybridized carbons (Fsp3) is 0.674. The quantitative estimate of drug-likeness (QED) is 0.277. The number of fused-ring (bicyclic) bond motifs is 1. The van der Waals surface area contributed by atoms with E-state index in [-0.39, 0.29) is 0 Å². The lowest BCUT2D eigenvalue weighted by molar-refractivity contribution is 0.0523. The Morgan fingerprint density at radius 1 is 0.521 bits per heavy atom. The summed E-state index contributed by atoms with van der Waals surface area (Å²) in [6.45, 7) is 36.1. The molecule has 0 unspecified atom stereocenters. The van der Waals surface area contributed by atoms with Gasteiger partial charge in [0.2, 0.25) is 0 Å². The molecular formula is C46H83NO. The van der Waals surface area contributed by atoms with E-state index < -0.39 is 0 Å². The summed E-state index contributed by atoms with van der Waals surface area (Å²) in [5, 5.41) is 1.23. The van der Waals surface area contributed by atoms with Crippen LogP contribution in [0.3, 0.4) is 0 Å². The molecule has 0 radical (unpaired) electrons. The van der Waals surface area contributed by atoms with Crippen molar-refractivity contribution in [3.63, 3.8) is 0 Å². The number of nitrogens with zero attached hydrogens (tertiary/aromatic N) is 1. The number of pyridine rings is 1. The van der Waals surface area contributed by atoms with Gasteiger partial charge in [0.25, 0.3) is 0 Å². The monoisotopic (exact) mass is 666 g/mol. The fourth-order valence-electron chi connectivity index (χ4n) is 5.61. The van der Waals surface area contributed by atoms with Crippen molar-refractivity contribution >= 4 is 10.9 Å². The van der Waals surface area contributed by atoms with Crippen LogP contribution in [-0.2, 0) is 4.74 Å². The number of para-hydroxylation sites is 1. The molecule has 0 atom stereocenters. The lowest BCUT2D eigenvalue weighted by Crippen LogP contribution is -2.19. The van der Waals surface area contributed by atoms with E-state index in [1.54, 1.807) is 0 Å². The molecule has 278 valence electrons. The Kier molecular flexibility index (Phi) is 36.2. The summed E-state index contributed by atoms with van der Waals surface area (Å²) in [5.41, 5.74) is 3.88. The van der Waals surface area contributed by atoms with E-state index in [2.05, 4.69) is 109 Å². The predicted octanol–water partition coefficient (Wildman–Crippen LogP) is 15.6. The molecule has 0 N–H and O–H groups in total. The van der Waals surface area contributed by atoms with Crippen LogP contribution in [0.1, 0.15) is 179 Å². The summed E-state index contributed by atoms with van der Waals surface area (Å²) in [4.78, 5) is 4.40. The molecule has 5 rings (SSSR count). The second kappa shape index (κ2) is 34.7. The van der Waals surface area contributed by atoms with Gasteiger partial charge in [-0.1, -0.05) is 197 Å². The van der Waals surface area contributed by atoms with Gasteiger partial charge in [-0.25, -0.2) is 0 Å². The zero-order valence-electron chi connectivity index (χ0n) is 35.0. The molecule has 0 amide bonds. The van der Waals surface area contributed by atoms with E-state index in [0.717, 1.165) is 42.4 Å². The molecule has 2 fully saturated rings. The molecule has 2 aliphatic rings. The van der Waals surface area contributed by atoms with Gasteiger partial charge < -0.3 is 4.74 Å². The van der Waals surface area contributed by atoms with Crippen LogP contribution in [0.2, 0.25) is 0 Å². The van der Waals surface area contributed by atoms with Crippen LogP contribution < -0.4 is 0 Å². The van der Waals surface area contributed by atoms with Crippen LogP contribution in [0.5, 0.6) is 0 Å². The van der Waals surface area contributed by atoms with Gasteiger partial charge in [-0.05, 0) is 65.5 Å². The maximum atomic E-state index is 5.25.